The smallest absolute Gasteiger partial charge is 0.133 e. The van der Waals surface area contributed by atoms with Gasteiger partial charge in [0.2, 0.25) is 0 Å². The molecule has 0 aliphatic heterocycles. The van der Waals surface area contributed by atoms with Crippen molar-refractivity contribution in [3.63, 3.8) is 0 Å². The van der Waals surface area contributed by atoms with E-state index in [4.69, 9.17) is 5.73 Å². The van der Waals surface area contributed by atoms with Crippen molar-refractivity contribution in [1.82, 2.24) is 14.8 Å². The Morgan fingerprint density at radius 2 is 1.78 bits per heavy atom. The zero-order valence-electron chi connectivity index (χ0n) is 12.5. The van der Waals surface area contributed by atoms with Gasteiger partial charge in [-0.1, -0.05) is 13.8 Å². The van der Waals surface area contributed by atoms with Crippen LogP contribution in [0.3, 0.4) is 0 Å². The Bertz CT molecular complexity index is 355. The fourth-order valence-electron chi connectivity index (χ4n) is 2.59. The van der Waals surface area contributed by atoms with Crippen molar-refractivity contribution in [1.29, 1.82) is 0 Å². The minimum Gasteiger partial charge on any atom is -0.330 e. The average molecular weight is 252 g/mol. The second-order valence-electron chi connectivity index (χ2n) is 5.75. The lowest BCUT2D eigenvalue weighted by Crippen LogP contribution is -2.16. The minimum absolute atomic E-state index is 0.432. The minimum atomic E-state index is 0.432. The van der Waals surface area contributed by atoms with Gasteiger partial charge in [0.05, 0.1) is 0 Å². The van der Waals surface area contributed by atoms with Crippen molar-refractivity contribution < 1.29 is 0 Å². The van der Waals surface area contributed by atoms with E-state index in [9.17, 15) is 0 Å². The van der Waals surface area contributed by atoms with Gasteiger partial charge in [-0.3, -0.25) is 0 Å². The van der Waals surface area contributed by atoms with E-state index in [2.05, 4.69) is 42.5 Å². The Hall–Kier alpha value is -0.900. The van der Waals surface area contributed by atoms with Crippen LogP contribution in [0.4, 0.5) is 0 Å². The highest BCUT2D eigenvalue weighted by Gasteiger charge is 2.16. The molecule has 0 spiro atoms. The number of rotatable bonds is 7. The molecule has 4 nitrogen and oxygen atoms in total. The van der Waals surface area contributed by atoms with E-state index in [0.717, 1.165) is 37.5 Å². The summed E-state index contributed by atoms with van der Waals surface area (Å²) in [7, 11) is 0. The first-order chi connectivity index (χ1) is 8.47. The summed E-state index contributed by atoms with van der Waals surface area (Å²) in [4.78, 5) is 0. The Morgan fingerprint density at radius 3 is 2.28 bits per heavy atom. The number of hydrogen-bond donors (Lipinski definition) is 1. The highest BCUT2D eigenvalue weighted by Crippen LogP contribution is 2.21. The normalized spacial score (nSPS) is 13.6. The van der Waals surface area contributed by atoms with Gasteiger partial charge in [0, 0.05) is 12.5 Å². The van der Waals surface area contributed by atoms with Crippen molar-refractivity contribution in [2.24, 2.45) is 17.6 Å². The lowest BCUT2D eigenvalue weighted by Gasteiger charge is -2.20. The molecular weight excluding hydrogens is 224 g/mol. The molecule has 0 bridgehead atoms. The summed E-state index contributed by atoms with van der Waals surface area (Å²) < 4.78 is 2.24. The summed E-state index contributed by atoms with van der Waals surface area (Å²) in [5, 5.41) is 8.50. The van der Waals surface area contributed by atoms with Crippen molar-refractivity contribution >= 4 is 0 Å². The molecule has 18 heavy (non-hydrogen) atoms. The molecule has 1 aromatic heterocycles. The van der Waals surface area contributed by atoms with E-state index in [-0.39, 0.29) is 0 Å². The monoisotopic (exact) mass is 252 g/mol. The van der Waals surface area contributed by atoms with Gasteiger partial charge in [-0.15, -0.1) is 10.2 Å². The maximum Gasteiger partial charge on any atom is 0.133 e. The van der Waals surface area contributed by atoms with Crippen LogP contribution in [0.15, 0.2) is 0 Å². The lowest BCUT2D eigenvalue weighted by atomic mass is 9.88. The molecular formula is C14H28N4. The summed E-state index contributed by atoms with van der Waals surface area (Å²) in [6.07, 6.45) is 3.26. The van der Waals surface area contributed by atoms with E-state index < -0.39 is 0 Å². The second-order valence-corrected chi connectivity index (χ2v) is 5.75. The van der Waals surface area contributed by atoms with Crippen molar-refractivity contribution in [3.05, 3.63) is 11.6 Å². The number of aromatic nitrogens is 3. The highest BCUT2D eigenvalue weighted by atomic mass is 15.3. The number of nitrogens with zero attached hydrogens (tertiary/aromatic N) is 3. The van der Waals surface area contributed by atoms with Crippen LogP contribution in [0.25, 0.3) is 0 Å². The van der Waals surface area contributed by atoms with Gasteiger partial charge in [0.25, 0.3) is 0 Å². The second kappa shape index (κ2) is 6.88. The molecule has 0 amide bonds. The number of nitrogens with two attached hydrogens (primary N) is 1. The molecule has 1 atom stereocenters. The van der Waals surface area contributed by atoms with Crippen LogP contribution in [-0.2, 0) is 6.42 Å². The fourth-order valence-corrected chi connectivity index (χ4v) is 2.59. The molecule has 0 aliphatic rings. The lowest BCUT2D eigenvalue weighted by molar-refractivity contribution is 0.336. The first-order valence-electron chi connectivity index (χ1n) is 7.07. The zero-order chi connectivity index (χ0) is 13.7. The first kappa shape index (κ1) is 15.2. The topological polar surface area (TPSA) is 56.7 Å². The van der Waals surface area contributed by atoms with E-state index in [1.807, 2.05) is 6.92 Å². The Kier molecular flexibility index (Phi) is 5.79. The molecule has 0 radical (unpaired) electrons. The fraction of sp³-hybridized carbons (Fsp3) is 0.857. The molecule has 1 rings (SSSR count). The third-order valence-electron chi connectivity index (χ3n) is 3.67. The van der Waals surface area contributed by atoms with Crippen molar-refractivity contribution in [3.8, 4) is 0 Å². The number of aryl methyl sites for hydroxylation is 2. The largest absolute Gasteiger partial charge is 0.330 e. The highest BCUT2D eigenvalue weighted by molar-refractivity contribution is 4.96. The van der Waals surface area contributed by atoms with E-state index in [0.29, 0.717) is 17.9 Å². The molecule has 0 saturated carbocycles. The standard InChI is InChI=1S/C14H28N4/c1-10(2)13(8-9-15)6-7-14-17-16-12(5)18(14)11(3)4/h10-11,13H,6-9,15H2,1-5H3. The van der Waals surface area contributed by atoms with Crippen LogP contribution in [0, 0.1) is 18.8 Å². The van der Waals surface area contributed by atoms with Gasteiger partial charge in [-0.2, -0.15) is 0 Å². The summed E-state index contributed by atoms with van der Waals surface area (Å²) in [6, 6.07) is 0.432. The third-order valence-corrected chi connectivity index (χ3v) is 3.67. The van der Waals surface area contributed by atoms with Crippen molar-refractivity contribution in [2.75, 3.05) is 6.54 Å². The SMILES string of the molecule is Cc1nnc(CCC(CCN)C(C)C)n1C(C)C. The molecule has 0 aliphatic carbocycles. The van der Waals surface area contributed by atoms with E-state index in [1.54, 1.807) is 0 Å². The molecule has 1 aromatic rings. The summed E-state index contributed by atoms with van der Waals surface area (Å²) in [5.41, 5.74) is 5.69. The molecule has 0 fully saturated rings. The molecule has 0 aromatic carbocycles. The van der Waals surface area contributed by atoms with Gasteiger partial charge >= 0.3 is 0 Å². The number of hydrogen-bond acceptors (Lipinski definition) is 3. The predicted molar refractivity (Wildman–Crippen MR) is 75.5 cm³/mol. The van der Waals surface area contributed by atoms with Crippen LogP contribution in [-0.4, -0.2) is 21.3 Å². The maximum absolute atomic E-state index is 5.69. The van der Waals surface area contributed by atoms with Crippen LogP contribution in [0.2, 0.25) is 0 Å². The van der Waals surface area contributed by atoms with Crippen molar-refractivity contribution in [2.45, 2.75) is 59.9 Å². The van der Waals surface area contributed by atoms with Crippen LogP contribution in [0.5, 0.6) is 0 Å². The molecule has 4 heteroatoms. The summed E-state index contributed by atoms with van der Waals surface area (Å²) in [5.74, 6) is 3.50. The Balaban J connectivity index is 2.67. The van der Waals surface area contributed by atoms with E-state index >= 15 is 0 Å². The quantitative estimate of drug-likeness (QED) is 0.811. The van der Waals surface area contributed by atoms with Gasteiger partial charge in [-0.25, -0.2) is 0 Å². The molecule has 1 unspecified atom stereocenters. The summed E-state index contributed by atoms with van der Waals surface area (Å²) >= 11 is 0. The van der Waals surface area contributed by atoms with Crippen LogP contribution >= 0.6 is 0 Å². The first-order valence-corrected chi connectivity index (χ1v) is 7.07. The van der Waals surface area contributed by atoms with E-state index in [1.165, 1.54) is 0 Å². The van der Waals surface area contributed by atoms with Gasteiger partial charge in [-0.05, 0) is 52.0 Å². The molecule has 0 saturated heterocycles. The third kappa shape index (κ3) is 3.80. The van der Waals surface area contributed by atoms with Gasteiger partial charge in [0.1, 0.15) is 11.6 Å². The predicted octanol–water partition coefficient (Wildman–Crippen LogP) is 2.72. The Labute approximate surface area is 111 Å². The van der Waals surface area contributed by atoms with Crippen LogP contribution < -0.4 is 5.73 Å². The molecule has 2 N–H and O–H groups in total. The van der Waals surface area contributed by atoms with Crippen LogP contribution in [0.1, 0.15) is 58.2 Å². The summed E-state index contributed by atoms with van der Waals surface area (Å²) in [6.45, 7) is 11.7. The van der Waals surface area contributed by atoms with Gasteiger partial charge < -0.3 is 10.3 Å². The average Bonchev–Trinajstić information content (AvgIpc) is 2.65. The Morgan fingerprint density at radius 1 is 1.11 bits per heavy atom. The van der Waals surface area contributed by atoms with Gasteiger partial charge in [0.15, 0.2) is 0 Å². The molecule has 104 valence electrons. The maximum atomic E-state index is 5.69. The molecule has 1 heterocycles. The zero-order valence-corrected chi connectivity index (χ0v) is 12.5.